The van der Waals surface area contributed by atoms with E-state index in [1.54, 1.807) is 6.07 Å². The van der Waals surface area contributed by atoms with Gasteiger partial charge in [-0.3, -0.25) is 0 Å². The van der Waals surface area contributed by atoms with E-state index in [2.05, 4.69) is 41.6 Å². The lowest BCUT2D eigenvalue weighted by Gasteiger charge is -2.13. The van der Waals surface area contributed by atoms with E-state index in [1.807, 2.05) is 0 Å². The standard InChI is InChI=1S/C23H26N4O2/c1-3-5-6-20-26-21-22(27(20)13-15-12-16(28)8-10-19(15)29)17-9-7-14(4-2)11-18(17)25-23(21)24/h7-12,28-29H,3-6,13H2,1-2H3,(H2,24,25). The topological polar surface area (TPSA) is 97.2 Å². The summed E-state index contributed by atoms with van der Waals surface area (Å²) in [4.78, 5) is 9.42. The zero-order chi connectivity index (χ0) is 20.5. The molecular formula is C23H26N4O2. The molecule has 0 saturated carbocycles. The largest absolute Gasteiger partial charge is 0.508 e. The summed E-state index contributed by atoms with van der Waals surface area (Å²) < 4.78 is 2.10. The summed E-state index contributed by atoms with van der Waals surface area (Å²) in [6, 6.07) is 10.8. The summed E-state index contributed by atoms with van der Waals surface area (Å²) in [6.45, 7) is 4.65. The van der Waals surface area contributed by atoms with Crippen LogP contribution in [-0.4, -0.2) is 24.7 Å². The van der Waals surface area contributed by atoms with Crippen LogP contribution >= 0.6 is 0 Å². The molecule has 6 heteroatoms. The fraction of sp³-hybridized carbons (Fsp3) is 0.304. The molecule has 6 nitrogen and oxygen atoms in total. The van der Waals surface area contributed by atoms with Gasteiger partial charge in [0.05, 0.1) is 17.6 Å². The monoisotopic (exact) mass is 390 g/mol. The number of hydrogen-bond acceptors (Lipinski definition) is 5. The van der Waals surface area contributed by atoms with Crippen molar-refractivity contribution < 1.29 is 10.2 Å². The first-order chi connectivity index (χ1) is 14.0. The average molecular weight is 390 g/mol. The molecular weight excluding hydrogens is 364 g/mol. The molecule has 0 amide bonds. The molecule has 0 radical (unpaired) electrons. The highest BCUT2D eigenvalue weighted by Gasteiger charge is 2.18. The fourth-order valence-corrected chi connectivity index (χ4v) is 3.79. The molecule has 0 bridgehead atoms. The molecule has 29 heavy (non-hydrogen) atoms. The number of rotatable bonds is 6. The molecule has 0 aliphatic heterocycles. The van der Waals surface area contributed by atoms with Crippen LogP contribution in [0.25, 0.3) is 21.9 Å². The summed E-state index contributed by atoms with van der Waals surface area (Å²) in [7, 11) is 0. The van der Waals surface area contributed by atoms with Crippen molar-refractivity contribution in [3.05, 3.63) is 53.3 Å². The second-order valence-electron chi connectivity index (χ2n) is 7.43. The molecule has 4 aromatic rings. The average Bonchev–Trinajstić information content (AvgIpc) is 3.08. The van der Waals surface area contributed by atoms with Gasteiger partial charge in [-0.05, 0) is 42.7 Å². The molecule has 0 aliphatic rings. The third-order valence-electron chi connectivity index (χ3n) is 5.40. The Bertz CT molecular complexity index is 1200. The van der Waals surface area contributed by atoms with Gasteiger partial charge in [-0.25, -0.2) is 9.97 Å². The molecule has 150 valence electrons. The third kappa shape index (κ3) is 3.46. The number of phenolic OH excluding ortho intramolecular Hbond substituents is 2. The van der Waals surface area contributed by atoms with Gasteiger partial charge in [-0.1, -0.05) is 32.4 Å². The van der Waals surface area contributed by atoms with Gasteiger partial charge in [-0.15, -0.1) is 0 Å². The second-order valence-corrected chi connectivity index (χ2v) is 7.43. The van der Waals surface area contributed by atoms with Gasteiger partial charge in [0.2, 0.25) is 0 Å². The molecule has 4 rings (SSSR count). The van der Waals surface area contributed by atoms with E-state index < -0.39 is 0 Å². The number of aromatic hydroxyl groups is 2. The SMILES string of the molecule is CCCCc1nc2c(N)nc3cc(CC)ccc3c2n1Cc1cc(O)ccc1O. The highest BCUT2D eigenvalue weighted by molar-refractivity contribution is 6.06. The van der Waals surface area contributed by atoms with Crippen molar-refractivity contribution in [2.24, 2.45) is 0 Å². The first-order valence-corrected chi connectivity index (χ1v) is 10.1. The number of aryl methyl sites for hydroxylation is 2. The Kier molecular flexibility index (Phi) is 5.01. The smallest absolute Gasteiger partial charge is 0.152 e. The lowest BCUT2D eigenvalue weighted by Crippen LogP contribution is -2.06. The molecule has 0 saturated heterocycles. The van der Waals surface area contributed by atoms with Crippen LogP contribution < -0.4 is 5.73 Å². The van der Waals surface area contributed by atoms with Gasteiger partial charge in [0.25, 0.3) is 0 Å². The van der Waals surface area contributed by atoms with Crippen LogP contribution in [0.5, 0.6) is 11.5 Å². The van der Waals surface area contributed by atoms with Crippen molar-refractivity contribution in [1.82, 2.24) is 14.5 Å². The number of imidazole rings is 1. The van der Waals surface area contributed by atoms with E-state index in [0.29, 0.717) is 23.4 Å². The number of nitrogens with two attached hydrogens (primary N) is 1. The molecule has 0 unspecified atom stereocenters. The van der Waals surface area contributed by atoms with E-state index in [0.717, 1.165) is 47.9 Å². The van der Waals surface area contributed by atoms with E-state index in [1.165, 1.54) is 17.7 Å². The number of aromatic nitrogens is 3. The van der Waals surface area contributed by atoms with Crippen molar-refractivity contribution in [2.45, 2.75) is 46.1 Å². The molecule has 0 aliphatic carbocycles. The van der Waals surface area contributed by atoms with Crippen molar-refractivity contribution in [3.63, 3.8) is 0 Å². The van der Waals surface area contributed by atoms with Gasteiger partial charge in [0.1, 0.15) is 22.8 Å². The fourth-order valence-electron chi connectivity index (χ4n) is 3.79. The van der Waals surface area contributed by atoms with E-state index in [-0.39, 0.29) is 11.5 Å². The second kappa shape index (κ2) is 7.62. The maximum absolute atomic E-state index is 10.3. The van der Waals surface area contributed by atoms with Crippen molar-refractivity contribution >= 4 is 27.8 Å². The van der Waals surface area contributed by atoms with E-state index in [9.17, 15) is 10.2 Å². The normalized spacial score (nSPS) is 11.5. The predicted molar refractivity (Wildman–Crippen MR) is 116 cm³/mol. The minimum Gasteiger partial charge on any atom is -0.508 e. The minimum atomic E-state index is 0.121. The zero-order valence-corrected chi connectivity index (χ0v) is 16.8. The summed E-state index contributed by atoms with van der Waals surface area (Å²) >= 11 is 0. The number of nitrogen functional groups attached to an aromatic ring is 1. The van der Waals surface area contributed by atoms with E-state index >= 15 is 0 Å². The minimum absolute atomic E-state index is 0.121. The van der Waals surface area contributed by atoms with Crippen LogP contribution in [0.15, 0.2) is 36.4 Å². The van der Waals surface area contributed by atoms with Crippen LogP contribution in [-0.2, 0) is 19.4 Å². The van der Waals surface area contributed by atoms with Gasteiger partial charge in [0.15, 0.2) is 5.82 Å². The quantitative estimate of drug-likeness (QED) is 0.420. The van der Waals surface area contributed by atoms with Crippen LogP contribution in [0, 0.1) is 0 Å². The summed E-state index contributed by atoms with van der Waals surface area (Å²) in [5, 5.41) is 21.2. The molecule has 2 heterocycles. The maximum atomic E-state index is 10.3. The van der Waals surface area contributed by atoms with Crippen molar-refractivity contribution in [1.29, 1.82) is 0 Å². The summed E-state index contributed by atoms with van der Waals surface area (Å²) in [5.41, 5.74) is 10.6. The lowest BCUT2D eigenvalue weighted by atomic mass is 10.1. The van der Waals surface area contributed by atoms with Crippen LogP contribution in [0.3, 0.4) is 0 Å². The van der Waals surface area contributed by atoms with Crippen LogP contribution in [0.2, 0.25) is 0 Å². The van der Waals surface area contributed by atoms with Crippen molar-refractivity contribution in [2.75, 3.05) is 5.73 Å². The van der Waals surface area contributed by atoms with Gasteiger partial charge >= 0.3 is 0 Å². The molecule has 0 fully saturated rings. The Hall–Kier alpha value is -3.28. The Morgan fingerprint density at radius 3 is 2.62 bits per heavy atom. The molecule has 2 aromatic carbocycles. The lowest BCUT2D eigenvalue weighted by molar-refractivity contribution is 0.452. The molecule has 4 N–H and O–H groups in total. The molecule has 0 spiro atoms. The van der Waals surface area contributed by atoms with Crippen molar-refractivity contribution in [3.8, 4) is 11.5 Å². The first kappa shape index (κ1) is 19.1. The third-order valence-corrected chi connectivity index (χ3v) is 5.40. The zero-order valence-electron chi connectivity index (χ0n) is 16.8. The Labute approximate surface area is 169 Å². The number of benzene rings is 2. The highest BCUT2D eigenvalue weighted by Crippen LogP contribution is 2.32. The van der Waals surface area contributed by atoms with Gasteiger partial charge in [-0.2, -0.15) is 0 Å². The predicted octanol–water partition coefficient (Wildman–Crippen LogP) is 4.53. The Morgan fingerprint density at radius 1 is 1.03 bits per heavy atom. The number of hydrogen-bond donors (Lipinski definition) is 3. The van der Waals surface area contributed by atoms with Crippen LogP contribution in [0.4, 0.5) is 5.82 Å². The molecule has 0 atom stereocenters. The number of unbranched alkanes of at least 4 members (excludes halogenated alkanes) is 1. The number of fused-ring (bicyclic) bond motifs is 3. The number of nitrogens with zero attached hydrogens (tertiary/aromatic N) is 3. The Morgan fingerprint density at radius 2 is 1.86 bits per heavy atom. The van der Waals surface area contributed by atoms with Crippen LogP contribution in [0.1, 0.15) is 43.6 Å². The number of phenols is 2. The maximum Gasteiger partial charge on any atom is 0.152 e. The first-order valence-electron chi connectivity index (χ1n) is 10.1. The number of anilines is 1. The number of pyridine rings is 1. The van der Waals surface area contributed by atoms with Gasteiger partial charge in [0, 0.05) is 17.4 Å². The molecule has 2 aromatic heterocycles. The van der Waals surface area contributed by atoms with E-state index in [4.69, 9.17) is 10.7 Å². The Balaban J connectivity index is 1.99. The summed E-state index contributed by atoms with van der Waals surface area (Å²) in [5.74, 6) is 1.59. The summed E-state index contributed by atoms with van der Waals surface area (Å²) in [6.07, 6.45) is 3.78. The van der Waals surface area contributed by atoms with Gasteiger partial charge < -0.3 is 20.5 Å². The highest BCUT2D eigenvalue weighted by atomic mass is 16.3.